The molecule has 0 bridgehead atoms. The maximum absolute atomic E-state index is 12.9. The Morgan fingerprint density at radius 3 is 2.73 bits per heavy atom. The van der Waals surface area contributed by atoms with Crippen LogP contribution in [0.4, 0.5) is 10.2 Å². The molecule has 1 aromatic carbocycles. The zero-order valence-electron chi connectivity index (χ0n) is 11.7. The second-order valence-corrected chi connectivity index (χ2v) is 6.70. The molecule has 2 N–H and O–H groups in total. The highest BCUT2D eigenvalue weighted by Gasteiger charge is 2.12. The van der Waals surface area contributed by atoms with Gasteiger partial charge in [-0.1, -0.05) is 35.2 Å². The van der Waals surface area contributed by atoms with E-state index in [2.05, 4.69) is 20.2 Å². The molecular weight excluding hydrogens is 321 g/mol. The molecule has 0 unspecified atom stereocenters. The number of anilines is 1. The number of hydrogen-bond donors (Lipinski definition) is 1. The van der Waals surface area contributed by atoms with Gasteiger partial charge in [-0.15, -0.1) is 10.2 Å². The maximum atomic E-state index is 12.9. The predicted molar refractivity (Wildman–Crippen MR) is 86.0 cm³/mol. The molecule has 0 saturated heterocycles. The summed E-state index contributed by atoms with van der Waals surface area (Å²) in [7, 11) is 0. The van der Waals surface area contributed by atoms with Crippen molar-refractivity contribution < 1.29 is 4.39 Å². The van der Waals surface area contributed by atoms with Crippen molar-refractivity contribution in [3.8, 4) is 10.6 Å². The summed E-state index contributed by atoms with van der Waals surface area (Å²) < 4.78 is 13.7. The van der Waals surface area contributed by atoms with Gasteiger partial charge < -0.3 is 5.73 Å². The monoisotopic (exact) mass is 333 g/mol. The summed E-state index contributed by atoms with van der Waals surface area (Å²) in [5.41, 5.74) is 7.61. The highest BCUT2D eigenvalue weighted by molar-refractivity contribution is 8.00. The van der Waals surface area contributed by atoms with E-state index >= 15 is 0 Å². The van der Waals surface area contributed by atoms with Crippen LogP contribution in [0.15, 0.2) is 34.8 Å². The minimum absolute atomic E-state index is 0.234. The Hall–Kier alpha value is -2.06. The Kier molecular flexibility index (Phi) is 4.30. The summed E-state index contributed by atoms with van der Waals surface area (Å²) in [4.78, 5) is 8.26. The van der Waals surface area contributed by atoms with Gasteiger partial charge in [0.15, 0.2) is 9.35 Å². The molecule has 0 aliphatic carbocycles. The van der Waals surface area contributed by atoms with Crippen molar-refractivity contribution in [2.24, 2.45) is 0 Å². The van der Waals surface area contributed by atoms with Gasteiger partial charge in [0.25, 0.3) is 0 Å². The van der Waals surface area contributed by atoms with Gasteiger partial charge in [0.2, 0.25) is 0 Å². The van der Waals surface area contributed by atoms with Gasteiger partial charge in [-0.2, -0.15) is 0 Å². The first-order valence-electron chi connectivity index (χ1n) is 6.42. The lowest BCUT2D eigenvalue weighted by Gasteiger charge is -2.00. The van der Waals surface area contributed by atoms with Crippen LogP contribution in [-0.2, 0) is 5.75 Å². The van der Waals surface area contributed by atoms with Crippen LogP contribution in [0.2, 0.25) is 0 Å². The van der Waals surface area contributed by atoms with Crippen LogP contribution < -0.4 is 5.73 Å². The van der Waals surface area contributed by atoms with Crippen molar-refractivity contribution in [2.75, 3.05) is 5.73 Å². The van der Waals surface area contributed by atoms with Crippen molar-refractivity contribution in [1.82, 2.24) is 20.2 Å². The Labute approximate surface area is 134 Å². The van der Waals surface area contributed by atoms with E-state index in [4.69, 9.17) is 5.73 Å². The number of halogens is 1. The van der Waals surface area contributed by atoms with Gasteiger partial charge in [0.05, 0.1) is 5.56 Å². The lowest BCUT2D eigenvalue weighted by atomic mass is 10.2. The number of aromatic nitrogens is 4. The largest absolute Gasteiger partial charge is 0.383 e. The van der Waals surface area contributed by atoms with Crippen LogP contribution >= 0.6 is 23.1 Å². The fraction of sp³-hybridized carbons (Fsp3) is 0.143. The number of aryl methyl sites for hydroxylation is 1. The Bertz CT molecular complexity index is 788. The summed E-state index contributed by atoms with van der Waals surface area (Å²) in [5, 5.41) is 8.96. The molecule has 0 spiro atoms. The van der Waals surface area contributed by atoms with Crippen LogP contribution in [0.3, 0.4) is 0 Å². The van der Waals surface area contributed by atoms with Crippen LogP contribution in [0.25, 0.3) is 10.6 Å². The molecule has 5 nitrogen and oxygen atoms in total. The molecule has 0 aliphatic rings. The number of nitrogens with zero attached hydrogens (tertiary/aromatic N) is 4. The zero-order valence-corrected chi connectivity index (χ0v) is 13.3. The van der Waals surface area contributed by atoms with Crippen molar-refractivity contribution in [3.05, 3.63) is 47.7 Å². The molecule has 22 heavy (non-hydrogen) atoms. The van der Waals surface area contributed by atoms with Crippen LogP contribution in [-0.4, -0.2) is 20.2 Å². The summed E-state index contributed by atoms with van der Waals surface area (Å²) >= 11 is 2.98. The third kappa shape index (κ3) is 3.40. The van der Waals surface area contributed by atoms with Gasteiger partial charge in [0.1, 0.15) is 17.5 Å². The lowest BCUT2D eigenvalue weighted by molar-refractivity contribution is 0.627. The molecule has 0 amide bonds. The number of nitrogens with two attached hydrogens (primary N) is 1. The first-order chi connectivity index (χ1) is 10.6. The fourth-order valence-electron chi connectivity index (χ4n) is 1.75. The summed E-state index contributed by atoms with van der Waals surface area (Å²) in [5.74, 6) is 1.49. The smallest absolute Gasteiger partial charge is 0.174 e. The number of hydrogen-bond acceptors (Lipinski definition) is 7. The first kappa shape index (κ1) is 14.9. The molecule has 0 radical (unpaired) electrons. The van der Waals surface area contributed by atoms with E-state index in [1.54, 1.807) is 37.0 Å². The van der Waals surface area contributed by atoms with Gasteiger partial charge in [-0.3, -0.25) is 0 Å². The number of rotatable bonds is 4. The zero-order chi connectivity index (χ0) is 15.5. The summed E-state index contributed by atoms with van der Waals surface area (Å²) in [6, 6.07) is 6.42. The summed E-state index contributed by atoms with van der Waals surface area (Å²) in [6.07, 6.45) is 1.66. The molecule has 0 saturated carbocycles. The average Bonchev–Trinajstić information content (AvgIpc) is 2.95. The molecule has 2 heterocycles. The quantitative estimate of drug-likeness (QED) is 0.738. The fourth-order valence-corrected chi connectivity index (χ4v) is 3.58. The molecule has 0 fully saturated rings. The minimum Gasteiger partial charge on any atom is -0.383 e. The number of benzene rings is 1. The van der Waals surface area contributed by atoms with E-state index in [0.717, 1.165) is 9.90 Å². The predicted octanol–water partition coefficient (Wildman–Crippen LogP) is 3.32. The average molecular weight is 333 g/mol. The topological polar surface area (TPSA) is 77.6 Å². The second kappa shape index (κ2) is 6.37. The van der Waals surface area contributed by atoms with Crippen LogP contribution in [0.5, 0.6) is 0 Å². The molecule has 2 aromatic heterocycles. The van der Waals surface area contributed by atoms with E-state index < -0.39 is 0 Å². The van der Waals surface area contributed by atoms with E-state index in [1.807, 2.05) is 0 Å². The van der Waals surface area contributed by atoms with E-state index in [1.165, 1.54) is 23.5 Å². The van der Waals surface area contributed by atoms with E-state index in [0.29, 0.717) is 28.0 Å². The van der Waals surface area contributed by atoms with Crippen molar-refractivity contribution >= 4 is 28.9 Å². The SMILES string of the molecule is Cc1ncc(-c2nnc(SCc3ccc(F)cc3)s2)c(N)n1. The van der Waals surface area contributed by atoms with Crippen molar-refractivity contribution in [2.45, 2.75) is 17.0 Å². The molecule has 112 valence electrons. The van der Waals surface area contributed by atoms with Crippen LogP contribution in [0.1, 0.15) is 11.4 Å². The molecule has 0 atom stereocenters. The van der Waals surface area contributed by atoms with Gasteiger partial charge in [0, 0.05) is 11.9 Å². The number of thioether (sulfide) groups is 1. The molecular formula is C14H12FN5S2. The highest BCUT2D eigenvalue weighted by Crippen LogP contribution is 2.32. The maximum Gasteiger partial charge on any atom is 0.174 e. The molecule has 3 rings (SSSR count). The normalized spacial score (nSPS) is 10.8. The van der Waals surface area contributed by atoms with Gasteiger partial charge in [-0.25, -0.2) is 14.4 Å². The minimum atomic E-state index is -0.234. The first-order valence-corrected chi connectivity index (χ1v) is 8.22. The highest BCUT2D eigenvalue weighted by atomic mass is 32.2. The Morgan fingerprint density at radius 1 is 1.23 bits per heavy atom. The third-order valence-electron chi connectivity index (χ3n) is 2.85. The van der Waals surface area contributed by atoms with Gasteiger partial charge >= 0.3 is 0 Å². The molecule has 8 heteroatoms. The standard InChI is InChI=1S/C14H12FN5S2/c1-8-17-6-11(12(16)18-8)13-19-20-14(22-13)21-7-9-2-4-10(15)5-3-9/h2-6H,7H2,1H3,(H2,16,17,18). The van der Waals surface area contributed by atoms with Crippen LogP contribution in [0, 0.1) is 12.7 Å². The van der Waals surface area contributed by atoms with Gasteiger partial charge in [-0.05, 0) is 24.6 Å². The molecule has 3 aromatic rings. The summed E-state index contributed by atoms with van der Waals surface area (Å²) in [6.45, 7) is 1.78. The van der Waals surface area contributed by atoms with E-state index in [-0.39, 0.29) is 5.82 Å². The Balaban J connectivity index is 1.72. The third-order valence-corrected chi connectivity index (χ3v) is 5.01. The second-order valence-electron chi connectivity index (χ2n) is 4.50. The lowest BCUT2D eigenvalue weighted by Crippen LogP contribution is -1.97. The van der Waals surface area contributed by atoms with Crippen molar-refractivity contribution in [3.63, 3.8) is 0 Å². The molecule has 0 aliphatic heterocycles. The van der Waals surface area contributed by atoms with Crippen molar-refractivity contribution in [1.29, 1.82) is 0 Å². The number of nitrogen functional groups attached to an aromatic ring is 1. The Morgan fingerprint density at radius 2 is 2.00 bits per heavy atom. The van der Waals surface area contributed by atoms with E-state index in [9.17, 15) is 4.39 Å².